The van der Waals surface area contributed by atoms with Crippen LogP contribution >= 0.6 is 0 Å². The minimum atomic E-state index is -0.777. The van der Waals surface area contributed by atoms with E-state index in [1.54, 1.807) is 0 Å². The van der Waals surface area contributed by atoms with Gasteiger partial charge in [-0.05, 0) is 83.5 Å². The topological polar surface area (TPSA) is 78.9 Å². The SMILES string of the molecule is CC/C=C\C/C=C\C/C=C\CCCCCCCCCC(=O)OC(COC(=O)CCCCCCCCCCCCCC)COC(=O)CCCCCCCCCCCCCCCCCCCCCCC/C=C\C/C=C\CCCCCCC. The highest BCUT2D eigenvalue weighted by Crippen LogP contribution is 2.18. The number of carbonyl (C=O) groups is 3. The van der Waals surface area contributed by atoms with Gasteiger partial charge in [-0.1, -0.05) is 332 Å². The summed E-state index contributed by atoms with van der Waals surface area (Å²) in [6, 6.07) is 0. The quantitative estimate of drug-likeness (QED) is 0.0261. The molecular formula is C74H134O6. The molecule has 0 aromatic carbocycles. The predicted molar refractivity (Wildman–Crippen MR) is 348 cm³/mol. The summed E-state index contributed by atoms with van der Waals surface area (Å²) in [6.45, 7) is 6.56. The molecule has 80 heavy (non-hydrogen) atoms. The van der Waals surface area contributed by atoms with Crippen molar-refractivity contribution in [1.29, 1.82) is 0 Å². The molecule has 0 aliphatic heterocycles. The van der Waals surface area contributed by atoms with Crippen LogP contribution in [-0.2, 0) is 28.6 Å². The summed E-state index contributed by atoms with van der Waals surface area (Å²) in [6.07, 6.45) is 88.4. The Hall–Kier alpha value is -2.89. The Morgan fingerprint density at radius 3 is 0.762 bits per heavy atom. The summed E-state index contributed by atoms with van der Waals surface area (Å²) in [5, 5.41) is 0. The summed E-state index contributed by atoms with van der Waals surface area (Å²) in [5.41, 5.74) is 0. The Morgan fingerprint density at radius 2 is 0.487 bits per heavy atom. The highest BCUT2D eigenvalue weighted by atomic mass is 16.6. The van der Waals surface area contributed by atoms with Gasteiger partial charge in [-0.25, -0.2) is 0 Å². The fourth-order valence-corrected chi connectivity index (χ4v) is 10.5. The van der Waals surface area contributed by atoms with Gasteiger partial charge < -0.3 is 14.2 Å². The van der Waals surface area contributed by atoms with Crippen molar-refractivity contribution in [1.82, 2.24) is 0 Å². The summed E-state index contributed by atoms with van der Waals surface area (Å²) < 4.78 is 16.9. The van der Waals surface area contributed by atoms with E-state index >= 15 is 0 Å². The average molecular weight is 1120 g/mol. The molecule has 0 amide bonds. The first kappa shape index (κ1) is 77.1. The van der Waals surface area contributed by atoms with E-state index in [0.717, 1.165) is 89.9 Å². The van der Waals surface area contributed by atoms with Crippen LogP contribution in [0.15, 0.2) is 60.8 Å². The predicted octanol–water partition coefficient (Wildman–Crippen LogP) is 24.3. The first-order valence-electron chi connectivity index (χ1n) is 35.3. The monoisotopic (exact) mass is 1120 g/mol. The van der Waals surface area contributed by atoms with Crippen molar-refractivity contribution in [2.75, 3.05) is 13.2 Å². The fraction of sp³-hybridized carbons (Fsp3) is 0.824. The molecule has 0 rings (SSSR count). The minimum Gasteiger partial charge on any atom is -0.462 e. The highest BCUT2D eigenvalue weighted by molar-refractivity contribution is 5.71. The zero-order chi connectivity index (χ0) is 57.8. The molecule has 0 saturated heterocycles. The Labute approximate surface area is 498 Å². The van der Waals surface area contributed by atoms with Crippen LogP contribution in [0.3, 0.4) is 0 Å². The lowest BCUT2D eigenvalue weighted by Crippen LogP contribution is -2.30. The fourth-order valence-electron chi connectivity index (χ4n) is 10.5. The second-order valence-corrected chi connectivity index (χ2v) is 23.8. The molecule has 0 aromatic heterocycles. The summed E-state index contributed by atoms with van der Waals surface area (Å²) in [4.78, 5) is 38.3. The molecule has 0 aliphatic rings. The van der Waals surface area contributed by atoms with E-state index in [-0.39, 0.29) is 31.1 Å². The van der Waals surface area contributed by atoms with Gasteiger partial charge in [-0.2, -0.15) is 0 Å². The van der Waals surface area contributed by atoms with Gasteiger partial charge in [0.1, 0.15) is 13.2 Å². The molecule has 1 atom stereocenters. The van der Waals surface area contributed by atoms with Crippen LogP contribution < -0.4 is 0 Å². The van der Waals surface area contributed by atoms with Crippen LogP contribution in [0.5, 0.6) is 0 Å². The first-order chi connectivity index (χ1) is 39.5. The number of hydrogen-bond acceptors (Lipinski definition) is 6. The second-order valence-electron chi connectivity index (χ2n) is 23.8. The number of allylic oxidation sites excluding steroid dienone is 10. The van der Waals surface area contributed by atoms with Gasteiger partial charge in [0, 0.05) is 19.3 Å². The zero-order valence-electron chi connectivity index (χ0n) is 53.6. The van der Waals surface area contributed by atoms with E-state index in [1.165, 1.54) is 244 Å². The van der Waals surface area contributed by atoms with Crippen molar-refractivity contribution in [3.63, 3.8) is 0 Å². The lowest BCUT2D eigenvalue weighted by molar-refractivity contribution is -0.167. The maximum atomic E-state index is 12.9. The van der Waals surface area contributed by atoms with Crippen LogP contribution in [0.2, 0.25) is 0 Å². The third-order valence-electron chi connectivity index (χ3n) is 15.8. The molecule has 0 radical (unpaired) electrons. The van der Waals surface area contributed by atoms with E-state index in [9.17, 15) is 14.4 Å². The van der Waals surface area contributed by atoms with Crippen LogP contribution in [-0.4, -0.2) is 37.2 Å². The van der Waals surface area contributed by atoms with Gasteiger partial charge >= 0.3 is 17.9 Å². The Kier molecular flexibility index (Phi) is 66.1. The van der Waals surface area contributed by atoms with Crippen molar-refractivity contribution in [2.45, 2.75) is 380 Å². The lowest BCUT2D eigenvalue weighted by atomic mass is 10.0. The number of rotatable bonds is 65. The Morgan fingerprint density at radius 1 is 0.263 bits per heavy atom. The number of ether oxygens (including phenoxy) is 3. The molecule has 0 fully saturated rings. The van der Waals surface area contributed by atoms with Gasteiger partial charge in [0.15, 0.2) is 6.10 Å². The second kappa shape index (κ2) is 68.6. The maximum absolute atomic E-state index is 12.9. The van der Waals surface area contributed by atoms with Crippen molar-refractivity contribution in [3.8, 4) is 0 Å². The van der Waals surface area contributed by atoms with Crippen molar-refractivity contribution < 1.29 is 28.6 Å². The van der Waals surface area contributed by atoms with Crippen LogP contribution in [0.4, 0.5) is 0 Å². The summed E-state index contributed by atoms with van der Waals surface area (Å²) in [5.74, 6) is -0.861. The number of carbonyl (C=O) groups excluding carboxylic acids is 3. The van der Waals surface area contributed by atoms with E-state index in [0.29, 0.717) is 19.3 Å². The molecule has 0 aliphatic carbocycles. The van der Waals surface area contributed by atoms with Gasteiger partial charge in [0.25, 0.3) is 0 Å². The van der Waals surface area contributed by atoms with E-state index in [1.807, 2.05) is 0 Å². The van der Waals surface area contributed by atoms with Crippen molar-refractivity contribution in [2.24, 2.45) is 0 Å². The van der Waals surface area contributed by atoms with E-state index < -0.39 is 6.10 Å². The molecule has 6 nitrogen and oxygen atoms in total. The maximum Gasteiger partial charge on any atom is 0.306 e. The molecule has 1 unspecified atom stereocenters. The third kappa shape index (κ3) is 65.9. The van der Waals surface area contributed by atoms with Gasteiger partial charge in [0.2, 0.25) is 0 Å². The molecular weight excluding hydrogens is 985 g/mol. The first-order valence-corrected chi connectivity index (χ1v) is 35.3. The molecule has 0 spiro atoms. The smallest absolute Gasteiger partial charge is 0.306 e. The Balaban J connectivity index is 4.10. The van der Waals surface area contributed by atoms with E-state index in [2.05, 4.69) is 81.5 Å². The summed E-state index contributed by atoms with van der Waals surface area (Å²) in [7, 11) is 0. The van der Waals surface area contributed by atoms with Gasteiger partial charge in [0.05, 0.1) is 0 Å². The Bertz CT molecular complexity index is 1430. The molecule has 0 bridgehead atoms. The average Bonchev–Trinajstić information content (AvgIpc) is 3.46. The van der Waals surface area contributed by atoms with Gasteiger partial charge in [-0.3, -0.25) is 14.4 Å². The number of esters is 3. The minimum absolute atomic E-state index is 0.0732. The third-order valence-corrected chi connectivity index (χ3v) is 15.8. The largest absolute Gasteiger partial charge is 0.462 e. The van der Waals surface area contributed by atoms with Crippen LogP contribution in [0.1, 0.15) is 374 Å². The summed E-state index contributed by atoms with van der Waals surface area (Å²) >= 11 is 0. The number of hydrogen-bond donors (Lipinski definition) is 0. The molecule has 6 heteroatoms. The molecule has 466 valence electrons. The molecule has 0 aromatic rings. The van der Waals surface area contributed by atoms with E-state index in [4.69, 9.17) is 14.2 Å². The molecule has 0 heterocycles. The molecule has 0 saturated carbocycles. The lowest BCUT2D eigenvalue weighted by Gasteiger charge is -2.18. The number of unbranched alkanes of at least 4 members (excludes halogenated alkanes) is 44. The highest BCUT2D eigenvalue weighted by Gasteiger charge is 2.19. The molecule has 0 N–H and O–H groups in total. The van der Waals surface area contributed by atoms with Crippen LogP contribution in [0, 0.1) is 0 Å². The van der Waals surface area contributed by atoms with Gasteiger partial charge in [-0.15, -0.1) is 0 Å². The van der Waals surface area contributed by atoms with Crippen LogP contribution in [0.25, 0.3) is 0 Å². The van der Waals surface area contributed by atoms with Crippen molar-refractivity contribution in [3.05, 3.63) is 60.8 Å². The normalized spacial score (nSPS) is 12.4. The van der Waals surface area contributed by atoms with Crippen molar-refractivity contribution >= 4 is 17.9 Å². The zero-order valence-corrected chi connectivity index (χ0v) is 53.6. The standard InChI is InChI=1S/C74H134O6/c1-4-7-10-13-16-19-22-25-27-29-30-31-32-33-34-35-36-37-38-39-40-41-42-43-44-46-47-49-52-55-58-61-64-67-73(76)79-70-71(69-78-72(75)66-63-60-57-54-51-24-21-18-15-12-9-6-3)80-74(77)68-65-62-59-56-53-50-48-45-28-26-23-20-17-14-11-8-5-2/h8,11,17,20,22,25-26,28-30,71H,4-7,9-10,12-16,18-19,21,23-24,27,31-70H2,1-3H3/b11-8-,20-17-,25-22-,28-26-,30-29-.